The van der Waals surface area contributed by atoms with Crippen LogP contribution in [0.5, 0.6) is 11.5 Å². The monoisotopic (exact) mass is 468 g/mol. The van der Waals surface area contributed by atoms with Gasteiger partial charge in [-0.15, -0.1) is 0 Å². The van der Waals surface area contributed by atoms with Gasteiger partial charge in [-0.3, -0.25) is 4.79 Å². The number of ether oxygens (including phenoxy) is 2. The first kappa shape index (κ1) is 24.3. The van der Waals surface area contributed by atoms with Crippen LogP contribution in [0.4, 0.5) is 5.69 Å². The minimum atomic E-state index is -3.65. The first-order valence-corrected chi connectivity index (χ1v) is 11.9. The van der Waals surface area contributed by atoms with E-state index in [1.807, 2.05) is 42.5 Å². The Bertz CT molecular complexity index is 1160. The summed E-state index contributed by atoms with van der Waals surface area (Å²) in [6.45, 7) is 0.275. The second-order valence-electron chi connectivity index (χ2n) is 7.54. The van der Waals surface area contributed by atoms with Gasteiger partial charge in [0.25, 0.3) is 0 Å². The SMILES string of the molecule is COc1cc(CCC(=O)Nc2ccc(S(=O)(=O)N(C)Cc3ccccc3)cc2)cc(OC)c1. The van der Waals surface area contributed by atoms with Crippen molar-refractivity contribution >= 4 is 21.6 Å². The number of amides is 1. The standard InChI is InChI=1S/C25H28N2O5S/c1-27(18-19-7-5-4-6-8-19)33(29,30)24-12-10-21(11-13-24)26-25(28)14-9-20-15-22(31-2)17-23(16-20)32-3/h4-8,10-13,15-17H,9,14,18H2,1-3H3,(H,26,28). The van der Waals surface area contributed by atoms with Crippen LogP contribution in [0.3, 0.4) is 0 Å². The molecular weight excluding hydrogens is 440 g/mol. The van der Waals surface area contributed by atoms with E-state index in [0.717, 1.165) is 11.1 Å². The molecule has 0 aromatic heterocycles. The van der Waals surface area contributed by atoms with E-state index in [9.17, 15) is 13.2 Å². The van der Waals surface area contributed by atoms with Crippen LogP contribution in [0, 0.1) is 0 Å². The molecule has 0 atom stereocenters. The first-order valence-electron chi connectivity index (χ1n) is 10.4. The van der Waals surface area contributed by atoms with Crippen LogP contribution in [0.2, 0.25) is 0 Å². The third-order valence-electron chi connectivity index (χ3n) is 5.15. The van der Waals surface area contributed by atoms with Gasteiger partial charge < -0.3 is 14.8 Å². The molecule has 0 aliphatic carbocycles. The molecule has 0 aliphatic heterocycles. The van der Waals surface area contributed by atoms with Crippen molar-refractivity contribution in [3.05, 3.63) is 83.9 Å². The van der Waals surface area contributed by atoms with Crippen molar-refractivity contribution < 1.29 is 22.7 Å². The number of benzene rings is 3. The topological polar surface area (TPSA) is 84.9 Å². The summed E-state index contributed by atoms with van der Waals surface area (Å²) in [5, 5.41) is 2.81. The van der Waals surface area contributed by atoms with E-state index in [2.05, 4.69) is 5.32 Å². The van der Waals surface area contributed by atoms with E-state index in [0.29, 0.717) is 23.6 Å². The lowest BCUT2D eigenvalue weighted by atomic mass is 10.1. The van der Waals surface area contributed by atoms with Gasteiger partial charge in [-0.05, 0) is 53.9 Å². The molecule has 0 unspecified atom stereocenters. The number of hydrogen-bond acceptors (Lipinski definition) is 5. The Kier molecular flexibility index (Phi) is 8.08. The number of hydrogen-bond donors (Lipinski definition) is 1. The summed E-state index contributed by atoms with van der Waals surface area (Å²) in [7, 11) is 1.06. The van der Waals surface area contributed by atoms with E-state index in [1.54, 1.807) is 39.5 Å². The van der Waals surface area contributed by atoms with E-state index in [4.69, 9.17) is 9.47 Å². The molecule has 0 fully saturated rings. The number of nitrogens with zero attached hydrogens (tertiary/aromatic N) is 1. The fourth-order valence-electron chi connectivity index (χ4n) is 3.31. The zero-order chi connectivity index (χ0) is 23.8. The van der Waals surface area contributed by atoms with E-state index < -0.39 is 10.0 Å². The lowest BCUT2D eigenvalue weighted by Gasteiger charge is -2.17. The van der Waals surface area contributed by atoms with Gasteiger partial charge in [-0.2, -0.15) is 4.31 Å². The molecule has 3 aromatic carbocycles. The third kappa shape index (κ3) is 6.57. The smallest absolute Gasteiger partial charge is 0.243 e. The van der Waals surface area contributed by atoms with Gasteiger partial charge in [-0.25, -0.2) is 8.42 Å². The number of anilines is 1. The molecule has 0 bridgehead atoms. The number of nitrogens with one attached hydrogen (secondary N) is 1. The second kappa shape index (κ2) is 11.0. The molecule has 8 heteroatoms. The van der Waals surface area contributed by atoms with Crippen molar-refractivity contribution in [2.24, 2.45) is 0 Å². The highest BCUT2D eigenvalue weighted by Crippen LogP contribution is 2.24. The Hall–Kier alpha value is -3.36. The van der Waals surface area contributed by atoms with Gasteiger partial charge in [0.1, 0.15) is 11.5 Å². The van der Waals surface area contributed by atoms with Crippen molar-refractivity contribution in [1.29, 1.82) is 0 Å². The van der Waals surface area contributed by atoms with Gasteiger partial charge in [0, 0.05) is 31.8 Å². The predicted octanol–water partition coefficient (Wildman–Crippen LogP) is 4.10. The maximum Gasteiger partial charge on any atom is 0.243 e. The Labute approximate surface area is 195 Å². The van der Waals surface area contributed by atoms with Gasteiger partial charge in [0.15, 0.2) is 0 Å². The normalized spacial score (nSPS) is 11.3. The molecule has 0 aliphatic rings. The maximum absolute atomic E-state index is 12.9. The molecule has 33 heavy (non-hydrogen) atoms. The van der Waals surface area contributed by atoms with Crippen molar-refractivity contribution in [3.8, 4) is 11.5 Å². The molecular formula is C25H28N2O5S. The summed E-state index contributed by atoms with van der Waals surface area (Å²) in [6, 6.07) is 21.1. The summed E-state index contributed by atoms with van der Waals surface area (Å²) >= 11 is 0. The van der Waals surface area contributed by atoms with Gasteiger partial charge >= 0.3 is 0 Å². The van der Waals surface area contributed by atoms with Crippen LogP contribution in [-0.2, 0) is 27.8 Å². The predicted molar refractivity (Wildman–Crippen MR) is 128 cm³/mol. The fraction of sp³-hybridized carbons (Fsp3) is 0.240. The van der Waals surface area contributed by atoms with Crippen LogP contribution < -0.4 is 14.8 Å². The third-order valence-corrected chi connectivity index (χ3v) is 6.96. The van der Waals surface area contributed by atoms with Crippen molar-refractivity contribution in [1.82, 2.24) is 4.31 Å². The van der Waals surface area contributed by atoms with E-state index in [1.165, 1.54) is 16.4 Å². The fourth-order valence-corrected chi connectivity index (χ4v) is 4.47. The van der Waals surface area contributed by atoms with E-state index >= 15 is 0 Å². The molecule has 0 radical (unpaired) electrons. The van der Waals surface area contributed by atoms with Crippen molar-refractivity contribution in [2.45, 2.75) is 24.3 Å². The average Bonchev–Trinajstić information content (AvgIpc) is 2.83. The minimum Gasteiger partial charge on any atom is -0.497 e. The van der Waals surface area contributed by atoms with Crippen LogP contribution in [0.1, 0.15) is 17.5 Å². The second-order valence-corrected chi connectivity index (χ2v) is 9.59. The number of sulfonamides is 1. The minimum absolute atomic E-state index is 0.169. The molecule has 3 aromatic rings. The molecule has 7 nitrogen and oxygen atoms in total. The lowest BCUT2D eigenvalue weighted by Crippen LogP contribution is -2.26. The number of methoxy groups -OCH3 is 2. The quantitative estimate of drug-likeness (QED) is 0.484. The Morgan fingerprint density at radius 1 is 0.879 bits per heavy atom. The highest BCUT2D eigenvalue weighted by Gasteiger charge is 2.21. The molecule has 0 saturated carbocycles. The van der Waals surface area contributed by atoms with Gasteiger partial charge in [0.05, 0.1) is 19.1 Å². The summed E-state index contributed by atoms with van der Waals surface area (Å²) in [6.07, 6.45) is 0.770. The number of rotatable bonds is 10. The van der Waals surface area contributed by atoms with Gasteiger partial charge in [0.2, 0.25) is 15.9 Å². The Morgan fingerprint density at radius 3 is 2.06 bits per heavy atom. The number of carbonyl (C=O) groups excluding carboxylic acids is 1. The molecule has 0 saturated heterocycles. The molecule has 3 rings (SSSR count). The van der Waals surface area contributed by atoms with Crippen molar-refractivity contribution in [2.75, 3.05) is 26.6 Å². The summed E-state index contributed by atoms with van der Waals surface area (Å²) in [4.78, 5) is 12.6. The van der Waals surface area contributed by atoms with Crippen LogP contribution >= 0.6 is 0 Å². The maximum atomic E-state index is 12.9. The molecule has 0 heterocycles. The van der Waals surface area contributed by atoms with Crippen LogP contribution in [-0.4, -0.2) is 39.9 Å². The molecule has 174 valence electrons. The highest BCUT2D eigenvalue weighted by atomic mass is 32.2. The zero-order valence-electron chi connectivity index (χ0n) is 18.9. The number of carbonyl (C=O) groups is 1. The summed E-state index contributed by atoms with van der Waals surface area (Å²) in [5.74, 6) is 1.16. The van der Waals surface area contributed by atoms with Crippen LogP contribution in [0.25, 0.3) is 0 Å². The lowest BCUT2D eigenvalue weighted by molar-refractivity contribution is -0.116. The number of aryl methyl sites for hydroxylation is 1. The van der Waals surface area contributed by atoms with Crippen molar-refractivity contribution in [3.63, 3.8) is 0 Å². The van der Waals surface area contributed by atoms with Crippen LogP contribution in [0.15, 0.2) is 77.7 Å². The van der Waals surface area contributed by atoms with Gasteiger partial charge in [-0.1, -0.05) is 30.3 Å². The average molecular weight is 469 g/mol. The molecule has 0 spiro atoms. The largest absolute Gasteiger partial charge is 0.497 e. The molecule has 1 amide bonds. The van der Waals surface area contributed by atoms with E-state index in [-0.39, 0.29) is 23.8 Å². The summed E-state index contributed by atoms with van der Waals surface area (Å²) in [5.41, 5.74) is 2.36. The summed E-state index contributed by atoms with van der Waals surface area (Å²) < 4.78 is 37.5. The Balaban J connectivity index is 1.59. The first-order chi connectivity index (χ1) is 15.8. The zero-order valence-corrected chi connectivity index (χ0v) is 19.8. The highest BCUT2D eigenvalue weighted by molar-refractivity contribution is 7.89. The Morgan fingerprint density at radius 2 is 1.48 bits per heavy atom. The molecule has 1 N–H and O–H groups in total.